The Bertz CT molecular complexity index is 352. The van der Waals surface area contributed by atoms with Crippen molar-refractivity contribution in [2.45, 2.75) is 12.7 Å². The summed E-state index contributed by atoms with van der Waals surface area (Å²) >= 11 is 0. The Kier molecular flexibility index (Phi) is 5.25. The lowest BCUT2D eigenvalue weighted by Gasteiger charge is -2.05. The highest BCUT2D eigenvalue weighted by Gasteiger charge is 2.28. The number of carbonyl (C=O) groups excluding carboxylic acids is 1. The SMILES string of the molecule is Cl.NCC(=O)Nc1cnn(CC(F)(F)F)c1. The van der Waals surface area contributed by atoms with Crippen molar-refractivity contribution in [3.05, 3.63) is 12.4 Å². The number of nitrogens with one attached hydrogen (secondary N) is 1. The van der Waals surface area contributed by atoms with E-state index in [9.17, 15) is 18.0 Å². The van der Waals surface area contributed by atoms with Gasteiger partial charge in [-0.25, -0.2) is 0 Å². The Morgan fingerprint density at radius 3 is 2.69 bits per heavy atom. The van der Waals surface area contributed by atoms with Crippen LogP contribution in [-0.4, -0.2) is 28.4 Å². The van der Waals surface area contributed by atoms with Crippen LogP contribution in [0.2, 0.25) is 0 Å². The van der Waals surface area contributed by atoms with E-state index in [4.69, 9.17) is 5.73 Å². The van der Waals surface area contributed by atoms with Gasteiger partial charge in [0.15, 0.2) is 0 Å². The maximum absolute atomic E-state index is 11.9. The topological polar surface area (TPSA) is 72.9 Å². The summed E-state index contributed by atoms with van der Waals surface area (Å²) in [5.41, 5.74) is 5.20. The third-order valence-electron chi connectivity index (χ3n) is 1.44. The molecule has 1 rings (SSSR count). The van der Waals surface area contributed by atoms with Gasteiger partial charge in [-0.1, -0.05) is 0 Å². The third-order valence-corrected chi connectivity index (χ3v) is 1.44. The number of nitrogens with two attached hydrogens (primary N) is 1. The van der Waals surface area contributed by atoms with Crippen molar-refractivity contribution in [2.24, 2.45) is 5.73 Å². The molecule has 0 saturated heterocycles. The molecule has 0 atom stereocenters. The fourth-order valence-corrected chi connectivity index (χ4v) is 0.910. The van der Waals surface area contributed by atoms with Crippen molar-refractivity contribution >= 4 is 24.0 Å². The van der Waals surface area contributed by atoms with Gasteiger partial charge in [0.25, 0.3) is 0 Å². The molecule has 1 aromatic rings. The number of amides is 1. The molecule has 1 amide bonds. The second kappa shape index (κ2) is 5.71. The van der Waals surface area contributed by atoms with Gasteiger partial charge in [-0.3, -0.25) is 9.48 Å². The van der Waals surface area contributed by atoms with Crippen molar-refractivity contribution in [3.8, 4) is 0 Å². The molecule has 1 aromatic heterocycles. The van der Waals surface area contributed by atoms with Crippen molar-refractivity contribution < 1.29 is 18.0 Å². The van der Waals surface area contributed by atoms with Gasteiger partial charge in [0.1, 0.15) is 6.54 Å². The minimum Gasteiger partial charge on any atom is -0.322 e. The van der Waals surface area contributed by atoms with Crippen LogP contribution < -0.4 is 11.1 Å². The van der Waals surface area contributed by atoms with Gasteiger partial charge >= 0.3 is 6.18 Å². The van der Waals surface area contributed by atoms with Crippen LogP contribution in [0.15, 0.2) is 12.4 Å². The van der Waals surface area contributed by atoms with Crippen molar-refractivity contribution in [2.75, 3.05) is 11.9 Å². The number of alkyl halides is 3. The average molecular weight is 259 g/mol. The third kappa shape index (κ3) is 4.99. The Labute approximate surface area is 95.2 Å². The lowest BCUT2D eigenvalue weighted by Crippen LogP contribution is -2.21. The van der Waals surface area contributed by atoms with Gasteiger partial charge in [0, 0.05) is 6.20 Å². The van der Waals surface area contributed by atoms with Gasteiger partial charge in [-0.2, -0.15) is 18.3 Å². The Balaban J connectivity index is 0.00000225. The van der Waals surface area contributed by atoms with Crippen LogP contribution in [0.5, 0.6) is 0 Å². The molecule has 0 saturated carbocycles. The normalized spacial score (nSPS) is 10.8. The fraction of sp³-hybridized carbons (Fsp3) is 0.429. The highest BCUT2D eigenvalue weighted by atomic mass is 35.5. The molecule has 0 aliphatic carbocycles. The number of hydrogen-bond acceptors (Lipinski definition) is 3. The van der Waals surface area contributed by atoms with Crippen LogP contribution in [-0.2, 0) is 11.3 Å². The summed E-state index contributed by atoms with van der Waals surface area (Å²) in [6, 6.07) is 0. The van der Waals surface area contributed by atoms with Gasteiger partial charge < -0.3 is 11.1 Å². The molecule has 0 aromatic carbocycles. The molecule has 3 N–H and O–H groups in total. The first-order chi connectivity index (χ1) is 6.90. The van der Waals surface area contributed by atoms with E-state index in [0.717, 1.165) is 12.4 Å². The van der Waals surface area contributed by atoms with Crippen LogP contribution in [0.1, 0.15) is 0 Å². The fourth-order valence-electron chi connectivity index (χ4n) is 0.910. The molecule has 0 fully saturated rings. The van der Waals surface area contributed by atoms with Crippen LogP contribution >= 0.6 is 12.4 Å². The smallest absolute Gasteiger partial charge is 0.322 e. The number of nitrogens with zero attached hydrogens (tertiary/aromatic N) is 2. The first-order valence-corrected chi connectivity index (χ1v) is 4.00. The number of halogens is 4. The monoisotopic (exact) mass is 258 g/mol. The quantitative estimate of drug-likeness (QED) is 0.841. The van der Waals surface area contributed by atoms with Crippen molar-refractivity contribution in [1.29, 1.82) is 0 Å². The molecule has 0 radical (unpaired) electrons. The van der Waals surface area contributed by atoms with E-state index in [0.29, 0.717) is 4.68 Å². The standard InChI is InChI=1S/C7H9F3N4O.ClH/c8-7(9,10)4-14-3-5(2-12-14)13-6(15)1-11;/h2-3H,1,4,11H2,(H,13,15);1H. The van der Waals surface area contributed by atoms with Crippen LogP contribution in [0.3, 0.4) is 0 Å². The van der Waals surface area contributed by atoms with E-state index >= 15 is 0 Å². The summed E-state index contributed by atoms with van der Waals surface area (Å²) in [5, 5.41) is 5.71. The maximum Gasteiger partial charge on any atom is 0.408 e. The van der Waals surface area contributed by atoms with E-state index in [1.807, 2.05) is 0 Å². The highest BCUT2D eigenvalue weighted by Crippen LogP contribution is 2.17. The lowest BCUT2D eigenvalue weighted by molar-refractivity contribution is -0.142. The van der Waals surface area contributed by atoms with E-state index in [2.05, 4.69) is 10.4 Å². The molecule has 0 bridgehead atoms. The maximum atomic E-state index is 11.9. The number of hydrogen-bond donors (Lipinski definition) is 2. The lowest BCUT2D eigenvalue weighted by atomic mass is 10.5. The van der Waals surface area contributed by atoms with Gasteiger partial charge in [-0.15, -0.1) is 12.4 Å². The van der Waals surface area contributed by atoms with E-state index in [1.165, 1.54) is 0 Å². The average Bonchev–Trinajstić information content (AvgIpc) is 2.49. The summed E-state index contributed by atoms with van der Waals surface area (Å²) in [7, 11) is 0. The summed E-state index contributed by atoms with van der Waals surface area (Å²) in [4.78, 5) is 10.8. The van der Waals surface area contributed by atoms with Crippen molar-refractivity contribution in [3.63, 3.8) is 0 Å². The minimum absolute atomic E-state index is 0. The predicted octanol–water partition coefficient (Wildman–Crippen LogP) is 0.764. The zero-order valence-electron chi connectivity index (χ0n) is 7.99. The molecular weight excluding hydrogens is 249 g/mol. The van der Waals surface area contributed by atoms with Crippen LogP contribution in [0, 0.1) is 0 Å². The molecule has 0 spiro atoms. The molecule has 0 aliphatic heterocycles. The zero-order valence-corrected chi connectivity index (χ0v) is 8.81. The van der Waals surface area contributed by atoms with E-state index < -0.39 is 18.6 Å². The molecule has 9 heteroatoms. The van der Waals surface area contributed by atoms with Gasteiger partial charge in [0.05, 0.1) is 18.4 Å². The molecule has 0 unspecified atom stereocenters. The summed E-state index contributed by atoms with van der Waals surface area (Å²) in [6.45, 7) is -1.42. The second-order valence-corrected chi connectivity index (χ2v) is 2.79. The van der Waals surface area contributed by atoms with Crippen LogP contribution in [0.4, 0.5) is 18.9 Å². The summed E-state index contributed by atoms with van der Waals surface area (Å²) < 4.78 is 36.4. The Morgan fingerprint density at radius 2 is 2.19 bits per heavy atom. The Morgan fingerprint density at radius 1 is 1.56 bits per heavy atom. The van der Waals surface area contributed by atoms with Crippen molar-refractivity contribution in [1.82, 2.24) is 9.78 Å². The van der Waals surface area contributed by atoms with Gasteiger partial charge in [0.2, 0.25) is 5.91 Å². The highest BCUT2D eigenvalue weighted by molar-refractivity contribution is 5.91. The van der Waals surface area contributed by atoms with Gasteiger partial charge in [-0.05, 0) is 0 Å². The molecule has 16 heavy (non-hydrogen) atoms. The van der Waals surface area contributed by atoms with Crippen LogP contribution in [0.25, 0.3) is 0 Å². The molecule has 5 nitrogen and oxygen atoms in total. The largest absolute Gasteiger partial charge is 0.408 e. The Hall–Kier alpha value is -1.28. The zero-order chi connectivity index (χ0) is 11.5. The second-order valence-electron chi connectivity index (χ2n) is 2.79. The summed E-state index contributed by atoms with van der Waals surface area (Å²) in [5.74, 6) is -0.485. The number of rotatable bonds is 3. The number of carbonyl (C=O) groups is 1. The number of aromatic nitrogens is 2. The molecule has 92 valence electrons. The predicted molar refractivity (Wildman–Crippen MR) is 53.2 cm³/mol. The minimum atomic E-state index is -4.33. The molecular formula is C7H10ClF3N4O. The molecule has 0 aliphatic rings. The summed E-state index contributed by atoms with van der Waals surface area (Å²) in [6.07, 6.45) is -2.12. The molecule has 1 heterocycles. The first kappa shape index (κ1) is 14.7. The van der Waals surface area contributed by atoms with E-state index in [-0.39, 0.29) is 24.6 Å². The first-order valence-electron chi connectivity index (χ1n) is 4.00. The van der Waals surface area contributed by atoms with E-state index in [1.54, 1.807) is 0 Å². The number of anilines is 1.